The highest BCUT2D eigenvalue weighted by Crippen LogP contribution is 2.40. The van der Waals surface area contributed by atoms with E-state index in [1.807, 2.05) is 42.6 Å². The number of morpholine rings is 1. The van der Waals surface area contributed by atoms with Crippen molar-refractivity contribution in [3.8, 4) is 11.3 Å². The number of halogens is 1. The van der Waals surface area contributed by atoms with Crippen LogP contribution in [0.1, 0.15) is 23.5 Å². The summed E-state index contributed by atoms with van der Waals surface area (Å²) in [5.74, 6) is 1.73. The van der Waals surface area contributed by atoms with E-state index < -0.39 is 0 Å². The highest BCUT2D eigenvalue weighted by Gasteiger charge is 2.41. The normalized spacial score (nSPS) is 21.7. The maximum Gasteiger partial charge on any atom is 0.170 e. The van der Waals surface area contributed by atoms with Gasteiger partial charge in [-0.25, -0.2) is 0 Å². The number of rotatable bonds is 6. The Bertz CT molecular complexity index is 1050. The van der Waals surface area contributed by atoms with E-state index in [1.165, 1.54) is 0 Å². The summed E-state index contributed by atoms with van der Waals surface area (Å²) in [7, 11) is 0. The number of aromatic nitrogens is 1. The fourth-order valence-electron chi connectivity index (χ4n) is 4.31. The first-order valence-electron chi connectivity index (χ1n) is 10.8. The van der Waals surface area contributed by atoms with Crippen LogP contribution >= 0.6 is 28.1 Å². The van der Waals surface area contributed by atoms with Gasteiger partial charge in [0.1, 0.15) is 17.6 Å². The highest BCUT2D eigenvalue weighted by atomic mass is 79.9. The predicted octanol–water partition coefficient (Wildman–Crippen LogP) is 4.41. The van der Waals surface area contributed by atoms with Crippen molar-refractivity contribution in [1.29, 1.82) is 0 Å². The minimum absolute atomic E-state index is 0.0670. The van der Waals surface area contributed by atoms with E-state index in [2.05, 4.69) is 54.2 Å². The summed E-state index contributed by atoms with van der Waals surface area (Å²) in [6, 6.07) is 18.1. The Labute approximate surface area is 201 Å². The van der Waals surface area contributed by atoms with Crippen molar-refractivity contribution in [1.82, 2.24) is 20.1 Å². The van der Waals surface area contributed by atoms with Gasteiger partial charge in [0, 0.05) is 42.4 Å². The molecule has 2 aliphatic heterocycles. The number of thiocarbonyl (C=S) groups is 1. The molecule has 0 saturated carbocycles. The van der Waals surface area contributed by atoms with Gasteiger partial charge in [-0.3, -0.25) is 9.88 Å². The summed E-state index contributed by atoms with van der Waals surface area (Å²) >= 11 is 9.27. The molecule has 2 atom stereocenters. The highest BCUT2D eigenvalue weighted by molar-refractivity contribution is 9.10. The number of nitrogens with zero attached hydrogens (tertiary/aromatic N) is 3. The molecule has 5 rings (SSSR count). The molecule has 4 heterocycles. The van der Waals surface area contributed by atoms with Crippen LogP contribution in [-0.2, 0) is 4.74 Å². The van der Waals surface area contributed by atoms with E-state index in [-0.39, 0.29) is 12.1 Å². The standard InChI is InChI=1S/C24H25BrN4O2S/c25-18-6-4-17(5-7-18)20-8-9-21(31-20)23-22(19-3-1-2-10-26-19)27-24(32)29(23)12-11-28-13-15-30-16-14-28/h1-10,22-23H,11-16H2,(H,27,32)/t22-,23-/m0/s1. The molecule has 0 bridgehead atoms. The molecule has 2 aromatic heterocycles. The first-order chi connectivity index (χ1) is 15.7. The van der Waals surface area contributed by atoms with Crippen LogP contribution in [0.4, 0.5) is 0 Å². The Kier molecular flexibility index (Phi) is 6.54. The average Bonchev–Trinajstić information content (AvgIpc) is 3.44. The van der Waals surface area contributed by atoms with Crippen LogP contribution < -0.4 is 5.32 Å². The van der Waals surface area contributed by atoms with Gasteiger partial charge in [-0.2, -0.15) is 0 Å². The zero-order chi connectivity index (χ0) is 21.9. The molecule has 0 spiro atoms. The largest absolute Gasteiger partial charge is 0.459 e. The van der Waals surface area contributed by atoms with Crippen molar-refractivity contribution in [3.05, 3.63) is 76.7 Å². The molecule has 2 saturated heterocycles. The Morgan fingerprint density at radius 2 is 1.84 bits per heavy atom. The molecule has 0 aliphatic carbocycles. The van der Waals surface area contributed by atoms with Crippen LogP contribution in [0.5, 0.6) is 0 Å². The van der Waals surface area contributed by atoms with Gasteiger partial charge in [0.05, 0.1) is 24.9 Å². The maximum absolute atomic E-state index is 6.40. The van der Waals surface area contributed by atoms with Gasteiger partial charge in [0.25, 0.3) is 0 Å². The van der Waals surface area contributed by atoms with Gasteiger partial charge in [-0.15, -0.1) is 0 Å². The Hall–Kier alpha value is -2.26. The molecule has 1 aromatic carbocycles. The molecule has 2 fully saturated rings. The molecule has 0 radical (unpaired) electrons. The van der Waals surface area contributed by atoms with Gasteiger partial charge in [-0.1, -0.05) is 34.1 Å². The third kappa shape index (κ3) is 4.59. The SMILES string of the molecule is S=C1N[C@@H](c2ccccn2)[C@H](c2ccc(-c3ccc(Br)cc3)o2)N1CCN1CCOCC1. The van der Waals surface area contributed by atoms with Crippen LogP contribution in [0.15, 0.2) is 69.7 Å². The summed E-state index contributed by atoms with van der Waals surface area (Å²) in [5, 5.41) is 4.24. The van der Waals surface area contributed by atoms with E-state index in [0.29, 0.717) is 0 Å². The van der Waals surface area contributed by atoms with E-state index in [9.17, 15) is 0 Å². The van der Waals surface area contributed by atoms with Crippen molar-refractivity contribution in [2.24, 2.45) is 0 Å². The molecule has 32 heavy (non-hydrogen) atoms. The van der Waals surface area contributed by atoms with Gasteiger partial charge < -0.3 is 19.4 Å². The van der Waals surface area contributed by atoms with Crippen LogP contribution in [0.3, 0.4) is 0 Å². The lowest BCUT2D eigenvalue weighted by Crippen LogP contribution is -2.42. The van der Waals surface area contributed by atoms with Gasteiger partial charge in [-0.05, 0) is 48.6 Å². The van der Waals surface area contributed by atoms with Crippen molar-refractivity contribution in [2.45, 2.75) is 12.1 Å². The lowest BCUT2D eigenvalue weighted by Gasteiger charge is -2.31. The number of furan rings is 1. The first kappa shape index (κ1) is 21.6. The Morgan fingerprint density at radius 3 is 2.59 bits per heavy atom. The van der Waals surface area contributed by atoms with E-state index >= 15 is 0 Å². The number of pyridine rings is 1. The third-order valence-corrected chi connectivity index (χ3v) is 6.89. The van der Waals surface area contributed by atoms with Gasteiger partial charge in [0.15, 0.2) is 5.11 Å². The number of ether oxygens (including phenoxy) is 1. The second-order valence-electron chi connectivity index (χ2n) is 7.98. The van der Waals surface area contributed by atoms with Gasteiger partial charge >= 0.3 is 0 Å². The van der Waals surface area contributed by atoms with Crippen molar-refractivity contribution in [3.63, 3.8) is 0 Å². The molecular formula is C24H25BrN4O2S. The smallest absolute Gasteiger partial charge is 0.170 e. The minimum Gasteiger partial charge on any atom is -0.459 e. The second kappa shape index (κ2) is 9.70. The van der Waals surface area contributed by atoms with E-state index in [4.69, 9.17) is 21.4 Å². The molecular weight excluding hydrogens is 488 g/mol. The fourth-order valence-corrected chi connectivity index (χ4v) is 4.91. The first-order valence-corrected chi connectivity index (χ1v) is 12.0. The van der Waals surface area contributed by atoms with Crippen molar-refractivity contribution in [2.75, 3.05) is 39.4 Å². The number of benzene rings is 1. The molecule has 1 N–H and O–H groups in total. The molecule has 0 amide bonds. The zero-order valence-corrected chi connectivity index (χ0v) is 20.0. The monoisotopic (exact) mass is 512 g/mol. The summed E-state index contributed by atoms with van der Waals surface area (Å²) < 4.78 is 12.9. The number of hydrogen-bond acceptors (Lipinski definition) is 5. The molecule has 0 unspecified atom stereocenters. The lowest BCUT2D eigenvalue weighted by molar-refractivity contribution is 0.0347. The zero-order valence-electron chi connectivity index (χ0n) is 17.6. The number of hydrogen-bond donors (Lipinski definition) is 1. The lowest BCUT2D eigenvalue weighted by atomic mass is 10.0. The minimum atomic E-state index is -0.0719. The Morgan fingerprint density at radius 1 is 1.03 bits per heavy atom. The summed E-state index contributed by atoms with van der Waals surface area (Å²) in [6.07, 6.45) is 1.82. The van der Waals surface area contributed by atoms with Crippen LogP contribution in [-0.4, -0.2) is 59.3 Å². The second-order valence-corrected chi connectivity index (χ2v) is 9.29. The van der Waals surface area contributed by atoms with Crippen molar-refractivity contribution < 1.29 is 9.15 Å². The summed E-state index contributed by atoms with van der Waals surface area (Å²) in [6.45, 7) is 5.23. The summed E-state index contributed by atoms with van der Waals surface area (Å²) in [4.78, 5) is 9.28. The van der Waals surface area contributed by atoms with E-state index in [0.717, 1.165) is 71.8 Å². The fraction of sp³-hybridized carbons (Fsp3) is 0.333. The number of nitrogens with one attached hydrogen (secondary N) is 1. The van der Waals surface area contributed by atoms with Crippen molar-refractivity contribution >= 4 is 33.3 Å². The molecule has 8 heteroatoms. The maximum atomic E-state index is 6.40. The molecule has 6 nitrogen and oxygen atoms in total. The molecule has 166 valence electrons. The van der Waals surface area contributed by atoms with Crippen LogP contribution in [0.2, 0.25) is 0 Å². The van der Waals surface area contributed by atoms with Crippen LogP contribution in [0.25, 0.3) is 11.3 Å². The Balaban J connectivity index is 1.43. The van der Waals surface area contributed by atoms with Crippen LogP contribution in [0, 0.1) is 0 Å². The third-order valence-electron chi connectivity index (χ3n) is 6.01. The van der Waals surface area contributed by atoms with Gasteiger partial charge in [0.2, 0.25) is 0 Å². The molecule has 3 aromatic rings. The summed E-state index contributed by atoms with van der Waals surface area (Å²) in [5.41, 5.74) is 2.00. The van der Waals surface area contributed by atoms with E-state index in [1.54, 1.807) is 0 Å². The quantitative estimate of drug-likeness (QED) is 0.491. The molecule has 2 aliphatic rings. The predicted molar refractivity (Wildman–Crippen MR) is 131 cm³/mol. The average molecular weight is 513 g/mol. The topological polar surface area (TPSA) is 53.8 Å².